The van der Waals surface area contributed by atoms with Gasteiger partial charge in [0.15, 0.2) is 0 Å². The molecular weight excluding hydrogens is 208 g/mol. The van der Waals surface area contributed by atoms with Gasteiger partial charge in [-0.15, -0.1) is 0 Å². The number of benzene rings is 2. The van der Waals surface area contributed by atoms with Gasteiger partial charge in [-0.25, -0.2) is 8.78 Å². The third-order valence-corrected chi connectivity index (χ3v) is 2.42. The van der Waals surface area contributed by atoms with E-state index in [-0.39, 0.29) is 11.3 Å². The van der Waals surface area contributed by atoms with Crippen LogP contribution in [-0.4, -0.2) is 0 Å². The molecule has 0 heterocycles. The molecule has 16 heavy (non-hydrogen) atoms. The molecule has 82 valence electrons. The van der Waals surface area contributed by atoms with Crippen LogP contribution < -0.4 is 5.73 Å². The number of nitrogen functional groups attached to an aromatic ring is 1. The van der Waals surface area contributed by atoms with Gasteiger partial charge in [0.05, 0.1) is 5.69 Å². The number of hydrogen-bond donors (Lipinski definition) is 1. The lowest BCUT2D eigenvalue weighted by Crippen LogP contribution is -1.94. The predicted molar refractivity (Wildman–Crippen MR) is 60.9 cm³/mol. The fraction of sp³-hybridized carbons (Fsp3) is 0.0769. The zero-order valence-corrected chi connectivity index (χ0v) is 8.80. The van der Waals surface area contributed by atoms with Crippen LogP contribution in [0.25, 0.3) is 11.1 Å². The molecule has 1 nitrogen and oxygen atoms in total. The summed E-state index contributed by atoms with van der Waals surface area (Å²) in [6.45, 7) is 1.90. The van der Waals surface area contributed by atoms with Gasteiger partial charge in [-0.1, -0.05) is 29.8 Å². The van der Waals surface area contributed by atoms with Crippen molar-refractivity contribution < 1.29 is 8.78 Å². The normalized spacial score (nSPS) is 10.4. The van der Waals surface area contributed by atoms with Crippen molar-refractivity contribution in [3.8, 4) is 11.1 Å². The predicted octanol–water partition coefficient (Wildman–Crippen LogP) is 3.52. The van der Waals surface area contributed by atoms with E-state index in [4.69, 9.17) is 5.73 Å². The second kappa shape index (κ2) is 3.93. The Hall–Kier alpha value is -1.90. The van der Waals surface area contributed by atoms with E-state index in [0.29, 0.717) is 5.56 Å². The minimum absolute atomic E-state index is 0.172. The van der Waals surface area contributed by atoms with Gasteiger partial charge in [0.2, 0.25) is 0 Å². The number of hydrogen-bond acceptors (Lipinski definition) is 1. The molecule has 0 aliphatic rings. The van der Waals surface area contributed by atoms with Crippen molar-refractivity contribution in [3.63, 3.8) is 0 Å². The molecule has 0 bridgehead atoms. The van der Waals surface area contributed by atoms with Crippen LogP contribution >= 0.6 is 0 Å². The van der Waals surface area contributed by atoms with Crippen molar-refractivity contribution in [2.75, 3.05) is 5.73 Å². The fourth-order valence-corrected chi connectivity index (χ4v) is 1.60. The highest BCUT2D eigenvalue weighted by Crippen LogP contribution is 2.27. The van der Waals surface area contributed by atoms with E-state index in [2.05, 4.69) is 0 Å². The summed E-state index contributed by atoms with van der Waals surface area (Å²) in [6.07, 6.45) is 0. The maximum atomic E-state index is 13.6. The molecule has 0 unspecified atom stereocenters. The molecule has 0 amide bonds. The molecule has 0 atom stereocenters. The average Bonchev–Trinajstić information content (AvgIpc) is 2.23. The van der Waals surface area contributed by atoms with E-state index in [1.807, 2.05) is 13.0 Å². The quantitative estimate of drug-likeness (QED) is 0.729. The Kier molecular flexibility index (Phi) is 2.60. The molecule has 0 aliphatic heterocycles. The first kappa shape index (κ1) is 10.6. The van der Waals surface area contributed by atoms with E-state index < -0.39 is 11.6 Å². The Morgan fingerprint density at radius 1 is 1.00 bits per heavy atom. The minimum atomic E-state index is -0.599. The number of anilines is 1. The first-order valence-corrected chi connectivity index (χ1v) is 4.89. The molecule has 0 saturated carbocycles. The average molecular weight is 219 g/mol. The van der Waals surface area contributed by atoms with E-state index in [1.54, 1.807) is 18.2 Å². The first-order valence-electron chi connectivity index (χ1n) is 4.89. The van der Waals surface area contributed by atoms with Gasteiger partial charge in [-0.05, 0) is 18.6 Å². The van der Waals surface area contributed by atoms with Crippen LogP contribution in [0, 0.1) is 18.6 Å². The second-order valence-corrected chi connectivity index (χ2v) is 3.72. The first-order chi connectivity index (χ1) is 7.58. The van der Waals surface area contributed by atoms with Gasteiger partial charge < -0.3 is 5.73 Å². The largest absolute Gasteiger partial charge is 0.396 e. The summed E-state index contributed by atoms with van der Waals surface area (Å²) in [7, 11) is 0. The molecule has 0 aromatic heterocycles. The summed E-state index contributed by atoms with van der Waals surface area (Å²) in [5, 5.41) is 0. The third-order valence-electron chi connectivity index (χ3n) is 2.42. The summed E-state index contributed by atoms with van der Waals surface area (Å²) in [5.41, 5.74) is 6.99. The summed E-state index contributed by atoms with van der Waals surface area (Å²) in [6, 6.07) is 9.37. The Bertz CT molecular complexity index is 535. The van der Waals surface area contributed by atoms with Gasteiger partial charge >= 0.3 is 0 Å². The lowest BCUT2D eigenvalue weighted by atomic mass is 10.0. The van der Waals surface area contributed by atoms with Gasteiger partial charge in [0.1, 0.15) is 11.6 Å². The second-order valence-electron chi connectivity index (χ2n) is 3.72. The molecule has 0 saturated heterocycles. The number of nitrogens with two attached hydrogens (primary N) is 1. The molecule has 2 rings (SSSR count). The van der Waals surface area contributed by atoms with Crippen molar-refractivity contribution in [2.45, 2.75) is 6.92 Å². The van der Waals surface area contributed by atoms with Gasteiger partial charge in [-0.2, -0.15) is 0 Å². The van der Waals surface area contributed by atoms with E-state index in [9.17, 15) is 8.78 Å². The Balaban J connectivity index is 2.60. The van der Waals surface area contributed by atoms with Crippen molar-refractivity contribution in [2.24, 2.45) is 0 Å². The number of aryl methyl sites for hydroxylation is 1. The molecule has 2 N–H and O–H groups in total. The molecule has 0 aliphatic carbocycles. The standard InChI is InChI=1S/C13H11F2N/c1-8-3-2-4-9(5-8)10-6-12(15)13(16)7-11(10)14/h2-7H,16H2,1H3. The summed E-state index contributed by atoms with van der Waals surface area (Å²) < 4.78 is 26.9. The van der Waals surface area contributed by atoms with Crippen LogP contribution in [0.3, 0.4) is 0 Å². The van der Waals surface area contributed by atoms with Crippen molar-refractivity contribution in [3.05, 3.63) is 53.6 Å². The van der Waals surface area contributed by atoms with Gasteiger partial charge in [0.25, 0.3) is 0 Å². The number of halogens is 2. The Labute approximate surface area is 92.5 Å². The monoisotopic (exact) mass is 219 g/mol. The topological polar surface area (TPSA) is 26.0 Å². The summed E-state index contributed by atoms with van der Waals surface area (Å²) >= 11 is 0. The third kappa shape index (κ3) is 1.89. The van der Waals surface area contributed by atoms with Crippen LogP contribution in [0.1, 0.15) is 5.56 Å². The van der Waals surface area contributed by atoms with E-state index in [1.165, 1.54) is 0 Å². The van der Waals surface area contributed by atoms with Gasteiger partial charge in [0, 0.05) is 11.6 Å². The highest BCUT2D eigenvalue weighted by molar-refractivity contribution is 5.67. The van der Waals surface area contributed by atoms with Crippen molar-refractivity contribution in [1.29, 1.82) is 0 Å². The maximum absolute atomic E-state index is 13.6. The SMILES string of the molecule is Cc1cccc(-c2cc(F)c(N)cc2F)c1. The van der Waals surface area contributed by atoms with Crippen molar-refractivity contribution in [1.82, 2.24) is 0 Å². The lowest BCUT2D eigenvalue weighted by Gasteiger charge is -2.06. The maximum Gasteiger partial charge on any atom is 0.146 e. The summed E-state index contributed by atoms with van der Waals surface area (Å²) in [4.78, 5) is 0. The molecule has 2 aromatic rings. The van der Waals surface area contributed by atoms with Crippen LogP contribution in [0.5, 0.6) is 0 Å². The fourth-order valence-electron chi connectivity index (χ4n) is 1.60. The molecule has 2 aromatic carbocycles. The molecule has 0 radical (unpaired) electrons. The summed E-state index contributed by atoms with van der Waals surface area (Å²) in [5.74, 6) is -1.11. The van der Waals surface area contributed by atoms with Crippen LogP contribution in [0.2, 0.25) is 0 Å². The Morgan fingerprint density at radius 2 is 1.75 bits per heavy atom. The zero-order chi connectivity index (χ0) is 11.7. The zero-order valence-electron chi connectivity index (χ0n) is 8.80. The van der Waals surface area contributed by atoms with E-state index in [0.717, 1.165) is 17.7 Å². The highest BCUT2D eigenvalue weighted by atomic mass is 19.1. The molecule has 0 spiro atoms. The molecule has 0 fully saturated rings. The van der Waals surface area contributed by atoms with Crippen LogP contribution in [0.15, 0.2) is 36.4 Å². The lowest BCUT2D eigenvalue weighted by molar-refractivity contribution is 0.607. The van der Waals surface area contributed by atoms with Gasteiger partial charge in [-0.3, -0.25) is 0 Å². The van der Waals surface area contributed by atoms with E-state index >= 15 is 0 Å². The van der Waals surface area contributed by atoms with Crippen LogP contribution in [0.4, 0.5) is 14.5 Å². The van der Waals surface area contributed by atoms with Crippen LogP contribution in [-0.2, 0) is 0 Å². The highest BCUT2D eigenvalue weighted by Gasteiger charge is 2.09. The molecular formula is C13H11F2N. The van der Waals surface area contributed by atoms with Crippen molar-refractivity contribution >= 4 is 5.69 Å². The molecule has 3 heteroatoms. The minimum Gasteiger partial charge on any atom is -0.396 e. The number of rotatable bonds is 1. The smallest absolute Gasteiger partial charge is 0.146 e. The Morgan fingerprint density at radius 3 is 2.44 bits per heavy atom.